The van der Waals surface area contributed by atoms with Crippen LogP contribution in [0.1, 0.15) is 19.3 Å². The summed E-state index contributed by atoms with van der Waals surface area (Å²) in [6.07, 6.45) is 9.06. The average molecular weight is 247 g/mol. The lowest BCUT2D eigenvalue weighted by Crippen LogP contribution is -2.14. The number of hydrogen-bond donors (Lipinski definition) is 2. The van der Waals surface area contributed by atoms with Crippen molar-refractivity contribution in [1.82, 2.24) is 14.4 Å². The first-order valence-corrected chi connectivity index (χ1v) is 6.27. The summed E-state index contributed by atoms with van der Waals surface area (Å²) < 4.78 is 7.45. The quantitative estimate of drug-likeness (QED) is 0.851. The first-order valence-electron chi connectivity index (χ1n) is 6.27. The third kappa shape index (κ3) is 2.24. The van der Waals surface area contributed by atoms with E-state index in [1.54, 1.807) is 12.4 Å². The molecule has 2 aromatic rings. The van der Waals surface area contributed by atoms with Gasteiger partial charge in [-0.2, -0.15) is 0 Å². The molecule has 1 atom stereocenters. The summed E-state index contributed by atoms with van der Waals surface area (Å²) in [5.41, 5.74) is 6.56. The monoisotopic (exact) mass is 247 g/mol. The van der Waals surface area contributed by atoms with Gasteiger partial charge in [-0.25, -0.2) is 9.97 Å². The van der Waals surface area contributed by atoms with Gasteiger partial charge in [-0.1, -0.05) is 0 Å². The van der Waals surface area contributed by atoms with Gasteiger partial charge in [0.25, 0.3) is 0 Å². The van der Waals surface area contributed by atoms with Gasteiger partial charge >= 0.3 is 0 Å². The normalized spacial score (nSPS) is 19.4. The molecule has 1 unspecified atom stereocenters. The Labute approximate surface area is 105 Å². The van der Waals surface area contributed by atoms with E-state index in [4.69, 9.17) is 10.5 Å². The number of nitrogens with zero attached hydrogens (tertiary/aromatic N) is 3. The Morgan fingerprint density at radius 3 is 3.33 bits per heavy atom. The van der Waals surface area contributed by atoms with Gasteiger partial charge in [0.2, 0.25) is 0 Å². The lowest BCUT2D eigenvalue weighted by Gasteiger charge is -2.11. The molecule has 0 amide bonds. The predicted molar refractivity (Wildman–Crippen MR) is 69.5 cm³/mol. The SMILES string of the molecule is Nc1cn2ccnc2c(NCCC2CCCO2)n1. The Hall–Kier alpha value is -1.82. The predicted octanol–water partition coefficient (Wildman–Crippen LogP) is 1.29. The van der Waals surface area contributed by atoms with Crippen LogP contribution in [0.4, 0.5) is 11.6 Å². The lowest BCUT2D eigenvalue weighted by atomic mass is 10.2. The molecule has 0 saturated carbocycles. The van der Waals surface area contributed by atoms with Crippen molar-refractivity contribution in [1.29, 1.82) is 0 Å². The maximum atomic E-state index is 5.75. The van der Waals surface area contributed by atoms with Crippen LogP contribution in [-0.4, -0.2) is 33.6 Å². The molecule has 6 nitrogen and oxygen atoms in total. The highest BCUT2D eigenvalue weighted by molar-refractivity contribution is 5.64. The Morgan fingerprint density at radius 2 is 2.50 bits per heavy atom. The second kappa shape index (κ2) is 4.81. The van der Waals surface area contributed by atoms with Crippen molar-refractivity contribution in [2.75, 3.05) is 24.2 Å². The molecule has 1 aliphatic heterocycles. The van der Waals surface area contributed by atoms with Crippen molar-refractivity contribution in [3.8, 4) is 0 Å². The van der Waals surface area contributed by atoms with Crippen molar-refractivity contribution in [2.24, 2.45) is 0 Å². The number of hydrogen-bond acceptors (Lipinski definition) is 5. The standard InChI is InChI=1S/C12H17N5O/c13-10-8-17-6-5-15-12(17)11(16-10)14-4-3-9-2-1-7-18-9/h5-6,8-9H,1-4,7,13H2,(H,14,16). The van der Waals surface area contributed by atoms with E-state index in [1.165, 1.54) is 6.42 Å². The van der Waals surface area contributed by atoms with Gasteiger partial charge in [0.1, 0.15) is 5.82 Å². The summed E-state index contributed by atoms with van der Waals surface area (Å²) in [4.78, 5) is 8.54. The molecule has 96 valence electrons. The van der Waals surface area contributed by atoms with Crippen LogP contribution in [0.3, 0.4) is 0 Å². The summed E-state index contributed by atoms with van der Waals surface area (Å²) in [5, 5.41) is 3.29. The fraction of sp³-hybridized carbons (Fsp3) is 0.500. The summed E-state index contributed by atoms with van der Waals surface area (Å²) in [6, 6.07) is 0. The van der Waals surface area contributed by atoms with Crippen LogP contribution in [0.5, 0.6) is 0 Å². The molecule has 1 fully saturated rings. The highest BCUT2D eigenvalue weighted by Gasteiger charge is 2.15. The molecule has 0 bridgehead atoms. The van der Waals surface area contributed by atoms with Crippen LogP contribution in [0.25, 0.3) is 5.65 Å². The van der Waals surface area contributed by atoms with Crippen molar-refractivity contribution < 1.29 is 4.74 Å². The Morgan fingerprint density at radius 1 is 1.56 bits per heavy atom. The third-order valence-electron chi connectivity index (χ3n) is 3.18. The molecule has 0 radical (unpaired) electrons. The largest absolute Gasteiger partial charge is 0.382 e. The molecule has 3 N–H and O–H groups in total. The van der Waals surface area contributed by atoms with Gasteiger partial charge in [0.15, 0.2) is 11.5 Å². The zero-order valence-electron chi connectivity index (χ0n) is 10.2. The van der Waals surface area contributed by atoms with Gasteiger partial charge < -0.3 is 20.2 Å². The van der Waals surface area contributed by atoms with E-state index in [9.17, 15) is 0 Å². The molecule has 3 heterocycles. The van der Waals surface area contributed by atoms with E-state index in [2.05, 4.69) is 15.3 Å². The molecule has 2 aromatic heterocycles. The van der Waals surface area contributed by atoms with Crippen LogP contribution in [0, 0.1) is 0 Å². The van der Waals surface area contributed by atoms with Gasteiger partial charge in [0.05, 0.1) is 12.3 Å². The molecule has 0 spiro atoms. The summed E-state index contributed by atoms with van der Waals surface area (Å²) in [7, 11) is 0. The topological polar surface area (TPSA) is 77.5 Å². The molecule has 6 heteroatoms. The minimum Gasteiger partial charge on any atom is -0.382 e. The smallest absolute Gasteiger partial charge is 0.180 e. The Kier molecular flexibility index (Phi) is 3.02. The van der Waals surface area contributed by atoms with Crippen molar-refractivity contribution in [3.05, 3.63) is 18.6 Å². The first kappa shape index (κ1) is 11.3. The lowest BCUT2D eigenvalue weighted by molar-refractivity contribution is 0.107. The Bertz CT molecular complexity index is 532. The number of nitrogens with one attached hydrogen (secondary N) is 1. The van der Waals surface area contributed by atoms with Gasteiger partial charge in [0, 0.05) is 25.5 Å². The maximum absolute atomic E-state index is 5.75. The molecule has 18 heavy (non-hydrogen) atoms. The number of ether oxygens (including phenoxy) is 1. The summed E-state index contributed by atoms with van der Waals surface area (Å²) in [6.45, 7) is 1.72. The fourth-order valence-corrected chi connectivity index (χ4v) is 2.29. The zero-order chi connectivity index (χ0) is 12.4. The average Bonchev–Trinajstić information content (AvgIpc) is 2.98. The number of imidazole rings is 1. The Balaban J connectivity index is 1.67. The molecule has 1 aliphatic rings. The minimum atomic E-state index is 0.384. The number of nitrogen functional groups attached to an aromatic ring is 1. The van der Waals surface area contributed by atoms with Crippen LogP contribution >= 0.6 is 0 Å². The molecule has 3 rings (SSSR count). The van der Waals surface area contributed by atoms with E-state index in [1.807, 2.05) is 10.6 Å². The molecule has 0 aliphatic carbocycles. The molecular formula is C12H17N5O. The van der Waals surface area contributed by atoms with Gasteiger partial charge in [-0.15, -0.1) is 0 Å². The number of nitrogens with two attached hydrogens (primary N) is 1. The van der Waals surface area contributed by atoms with E-state index in [0.29, 0.717) is 11.9 Å². The fourth-order valence-electron chi connectivity index (χ4n) is 2.29. The van der Waals surface area contributed by atoms with E-state index < -0.39 is 0 Å². The van der Waals surface area contributed by atoms with Crippen molar-refractivity contribution >= 4 is 17.3 Å². The van der Waals surface area contributed by atoms with Gasteiger partial charge in [-0.3, -0.25) is 0 Å². The zero-order valence-corrected chi connectivity index (χ0v) is 10.2. The van der Waals surface area contributed by atoms with Crippen LogP contribution in [0.2, 0.25) is 0 Å². The summed E-state index contributed by atoms with van der Waals surface area (Å²) in [5.74, 6) is 1.22. The highest BCUT2D eigenvalue weighted by Crippen LogP contribution is 2.17. The van der Waals surface area contributed by atoms with Crippen molar-refractivity contribution in [2.45, 2.75) is 25.4 Å². The first-order chi connectivity index (χ1) is 8.83. The summed E-state index contributed by atoms with van der Waals surface area (Å²) >= 11 is 0. The number of fused-ring (bicyclic) bond motifs is 1. The highest BCUT2D eigenvalue weighted by atomic mass is 16.5. The second-order valence-electron chi connectivity index (χ2n) is 4.52. The third-order valence-corrected chi connectivity index (χ3v) is 3.18. The van der Waals surface area contributed by atoms with Crippen molar-refractivity contribution in [3.63, 3.8) is 0 Å². The van der Waals surface area contributed by atoms with E-state index in [0.717, 1.165) is 37.5 Å². The molecular weight excluding hydrogens is 230 g/mol. The van der Waals surface area contributed by atoms with Crippen LogP contribution < -0.4 is 11.1 Å². The number of anilines is 2. The van der Waals surface area contributed by atoms with E-state index in [-0.39, 0.29) is 0 Å². The van der Waals surface area contributed by atoms with Crippen LogP contribution in [0.15, 0.2) is 18.6 Å². The van der Waals surface area contributed by atoms with Crippen LogP contribution in [-0.2, 0) is 4.74 Å². The second-order valence-corrected chi connectivity index (χ2v) is 4.52. The van der Waals surface area contributed by atoms with Gasteiger partial charge in [-0.05, 0) is 19.3 Å². The maximum Gasteiger partial charge on any atom is 0.180 e. The number of rotatable bonds is 4. The molecule has 0 aromatic carbocycles. The number of aromatic nitrogens is 3. The minimum absolute atomic E-state index is 0.384. The molecule has 1 saturated heterocycles. The van der Waals surface area contributed by atoms with E-state index >= 15 is 0 Å².